The van der Waals surface area contributed by atoms with Crippen molar-refractivity contribution in [2.24, 2.45) is 5.92 Å². The van der Waals surface area contributed by atoms with Crippen LogP contribution in [0.25, 0.3) is 0 Å². The molecule has 1 N–H and O–H groups in total. The molecule has 0 aromatic heterocycles. The van der Waals surface area contributed by atoms with Gasteiger partial charge in [0.05, 0.1) is 17.7 Å². The SMILES string of the molecule is COC(=O)c1cc(Cl)c2c(c1C)OC(C)(C1CCC(NC(=O)OC(C)(C)C)CC1)O2. The number of hydrogen-bond acceptors (Lipinski definition) is 6. The standard InChI is InChI=1S/C22H30ClNO6/c1-12-15(19(25)27-6)11-16(23)18-17(12)28-22(5,29-18)13-7-9-14(10-8-13)24-20(26)30-21(2,3)4/h11,13-14H,7-10H2,1-6H3,(H,24,26). The lowest BCUT2D eigenvalue weighted by molar-refractivity contribution is -0.121. The monoisotopic (exact) mass is 439 g/mol. The molecule has 2 aliphatic rings. The molecular weight excluding hydrogens is 410 g/mol. The molecule has 0 spiro atoms. The Morgan fingerprint density at radius 2 is 1.77 bits per heavy atom. The molecule has 1 saturated carbocycles. The number of ether oxygens (including phenoxy) is 4. The van der Waals surface area contributed by atoms with Crippen molar-refractivity contribution in [2.45, 2.75) is 77.7 Å². The van der Waals surface area contributed by atoms with Crippen LogP contribution in [0, 0.1) is 12.8 Å². The highest BCUT2D eigenvalue weighted by molar-refractivity contribution is 6.32. The van der Waals surface area contributed by atoms with Crippen LogP contribution >= 0.6 is 11.6 Å². The lowest BCUT2D eigenvalue weighted by atomic mass is 9.81. The third-order valence-corrected chi connectivity index (χ3v) is 5.92. The van der Waals surface area contributed by atoms with E-state index in [9.17, 15) is 9.59 Å². The molecule has 1 fully saturated rings. The van der Waals surface area contributed by atoms with Crippen molar-refractivity contribution in [3.63, 3.8) is 0 Å². The van der Waals surface area contributed by atoms with Crippen LogP contribution in [-0.2, 0) is 9.47 Å². The van der Waals surface area contributed by atoms with Gasteiger partial charge in [-0.05, 0) is 59.4 Å². The van der Waals surface area contributed by atoms with Crippen LogP contribution in [0.1, 0.15) is 69.3 Å². The Morgan fingerprint density at radius 3 is 2.33 bits per heavy atom. The molecule has 0 saturated heterocycles. The summed E-state index contributed by atoms with van der Waals surface area (Å²) in [6.07, 6.45) is 2.82. The van der Waals surface area contributed by atoms with Crippen LogP contribution < -0.4 is 14.8 Å². The first-order chi connectivity index (χ1) is 13.9. The molecular formula is C22H30ClNO6. The zero-order chi connectivity index (χ0) is 22.3. The minimum atomic E-state index is -0.887. The highest BCUT2D eigenvalue weighted by atomic mass is 35.5. The molecule has 7 nitrogen and oxygen atoms in total. The molecule has 8 heteroatoms. The Hall–Kier alpha value is -2.15. The Labute approximate surface area is 182 Å². The number of benzene rings is 1. The summed E-state index contributed by atoms with van der Waals surface area (Å²) >= 11 is 6.37. The second-order valence-corrected chi connectivity index (χ2v) is 9.50. The number of rotatable bonds is 3. The van der Waals surface area contributed by atoms with E-state index in [-0.39, 0.29) is 12.0 Å². The number of alkyl carbamates (subject to hydrolysis) is 1. The number of hydrogen-bond donors (Lipinski definition) is 1. The van der Waals surface area contributed by atoms with E-state index in [4.69, 9.17) is 30.5 Å². The Morgan fingerprint density at radius 1 is 1.17 bits per heavy atom. The predicted octanol–water partition coefficient (Wildman–Crippen LogP) is 5.01. The van der Waals surface area contributed by atoms with Gasteiger partial charge in [-0.2, -0.15) is 0 Å². The molecule has 1 heterocycles. The van der Waals surface area contributed by atoms with E-state index >= 15 is 0 Å². The summed E-state index contributed by atoms with van der Waals surface area (Å²) in [5.41, 5.74) is 0.483. The van der Waals surface area contributed by atoms with Crippen LogP contribution in [0.3, 0.4) is 0 Å². The second-order valence-electron chi connectivity index (χ2n) is 9.10. The van der Waals surface area contributed by atoms with E-state index < -0.39 is 23.5 Å². The van der Waals surface area contributed by atoms with Gasteiger partial charge in [-0.1, -0.05) is 11.6 Å². The molecule has 1 atom stereocenters. The highest BCUT2D eigenvalue weighted by Crippen LogP contribution is 2.51. The van der Waals surface area contributed by atoms with Gasteiger partial charge in [-0.15, -0.1) is 0 Å². The molecule has 1 aromatic rings. The Balaban J connectivity index is 1.67. The number of halogens is 1. The van der Waals surface area contributed by atoms with Gasteiger partial charge >= 0.3 is 12.1 Å². The van der Waals surface area contributed by atoms with E-state index in [1.54, 1.807) is 13.0 Å². The lowest BCUT2D eigenvalue weighted by Gasteiger charge is -2.37. The Bertz CT molecular complexity index is 841. The van der Waals surface area contributed by atoms with Crippen LogP contribution in [0.5, 0.6) is 11.5 Å². The highest BCUT2D eigenvalue weighted by Gasteiger charge is 2.47. The van der Waals surface area contributed by atoms with E-state index in [1.807, 2.05) is 27.7 Å². The number of esters is 1. The molecule has 1 unspecified atom stereocenters. The zero-order valence-electron chi connectivity index (χ0n) is 18.4. The van der Waals surface area contributed by atoms with Crippen molar-refractivity contribution in [3.05, 3.63) is 22.2 Å². The minimum Gasteiger partial charge on any atom is -0.465 e. The first-order valence-corrected chi connectivity index (χ1v) is 10.6. The van der Waals surface area contributed by atoms with E-state index in [1.165, 1.54) is 7.11 Å². The maximum absolute atomic E-state index is 12.0. The van der Waals surface area contributed by atoms with Gasteiger partial charge in [0.1, 0.15) is 5.60 Å². The minimum absolute atomic E-state index is 0.0553. The number of fused-ring (bicyclic) bond motifs is 1. The number of carbonyl (C=O) groups is 2. The molecule has 1 amide bonds. The van der Waals surface area contributed by atoms with E-state index in [0.717, 1.165) is 25.7 Å². The summed E-state index contributed by atoms with van der Waals surface area (Å²) in [6, 6.07) is 1.61. The van der Waals surface area contributed by atoms with Gasteiger partial charge in [0.15, 0.2) is 11.5 Å². The average molecular weight is 440 g/mol. The van der Waals surface area contributed by atoms with Crippen molar-refractivity contribution in [1.29, 1.82) is 0 Å². The molecule has 166 valence electrons. The maximum Gasteiger partial charge on any atom is 0.407 e. The molecule has 30 heavy (non-hydrogen) atoms. The summed E-state index contributed by atoms with van der Waals surface area (Å²) in [7, 11) is 1.33. The van der Waals surface area contributed by atoms with Gasteiger partial charge in [-0.3, -0.25) is 0 Å². The summed E-state index contributed by atoms with van der Waals surface area (Å²) in [5.74, 6) is -0.304. The molecule has 0 radical (unpaired) electrons. The summed E-state index contributed by atoms with van der Waals surface area (Å²) in [4.78, 5) is 24.1. The first-order valence-electron chi connectivity index (χ1n) is 10.2. The van der Waals surface area contributed by atoms with Crippen LogP contribution in [0.4, 0.5) is 4.79 Å². The van der Waals surface area contributed by atoms with Crippen LogP contribution in [0.15, 0.2) is 6.07 Å². The predicted molar refractivity (Wildman–Crippen MR) is 112 cm³/mol. The van der Waals surface area contributed by atoms with Crippen molar-refractivity contribution in [3.8, 4) is 11.5 Å². The van der Waals surface area contributed by atoms with Gasteiger partial charge in [0.25, 0.3) is 5.79 Å². The first kappa shape index (κ1) is 22.5. The number of amides is 1. The van der Waals surface area contributed by atoms with Crippen LogP contribution in [-0.4, -0.2) is 36.6 Å². The van der Waals surface area contributed by atoms with Crippen molar-refractivity contribution < 1.29 is 28.5 Å². The summed E-state index contributed by atoms with van der Waals surface area (Å²) in [6.45, 7) is 9.21. The van der Waals surface area contributed by atoms with Gasteiger partial charge in [-0.25, -0.2) is 9.59 Å². The number of carbonyl (C=O) groups excluding carboxylic acids is 2. The molecule has 1 aromatic carbocycles. The number of methoxy groups -OCH3 is 1. The molecule has 1 aliphatic carbocycles. The summed E-state index contributed by atoms with van der Waals surface area (Å²) in [5, 5.41) is 3.26. The quantitative estimate of drug-likeness (QED) is 0.667. The van der Waals surface area contributed by atoms with Gasteiger partial charge in [0, 0.05) is 24.4 Å². The van der Waals surface area contributed by atoms with E-state index in [2.05, 4.69) is 5.32 Å². The fourth-order valence-electron chi connectivity index (χ4n) is 4.07. The zero-order valence-corrected chi connectivity index (χ0v) is 19.1. The Kier molecular flexibility index (Phi) is 6.14. The van der Waals surface area contributed by atoms with Crippen molar-refractivity contribution >= 4 is 23.7 Å². The average Bonchev–Trinajstić information content (AvgIpc) is 3.03. The van der Waals surface area contributed by atoms with Gasteiger partial charge < -0.3 is 24.3 Å². The second kappa shape index (κ2) is 8.17. The lowest BCUT2D eigenvalue weighted by Crippen LogP contribution is -2.48. The summed E-state index contributed by atoms with van der Waals surface area (Å²) < 4.78 is 22.6. The normalized spacial score (nSPS) is 25.6. The van der Waals surface area contributed by atoms with Crippen molar-refractivity contribution in [1.82, 2.24) is 5.32 Å². The van der Waals surface area contributed by atoms with Crippen molar-refractivity contribution in [2.75, 3.05) is 7.11 Å². The molecule has 0 bridgehead atoms. The fraction of sp³-hybridized carbons (Fsp3) is 0.636. The number of nitrogens with one attached hydrogen (secondary N) is 1. The largest absolute Gasteiger partial charge is 0.465 e. The third kappa shape index (κ3) is 4.61. The smallest absolute Gasteiger partial charge is 0.407 e. The van der Waals surface area contributed by atoms with E-state index in [0.29, 0.717) is 27.6 Å². The fourth-order valence-corrected chi connectivity index (χ4v) is 4.30. The topological polar surface area (TPSA) is 83.1 Å². The van der Waals surface area contributed by atoms with Gasteiger partial charge in [0.2, 0.25) is 0 Å². The molecule has 3 rings (SSSR count). The third-order valence-electron chi connectivity index (χ3n) is 5.64. The van der Waals surface area contributed by atoms with Crippen LogP contribution in [0.2, 0.25) is 5.02 Å². The molecule has 1 aliphatic heterocycles. The maximum atomic E-state index is 12.0.